The van der Waals surface area contributed by atoms with Gasteiger partial charge in [0.15, 0.2) is 0 Å². The number of rotatable bonds is 23. The smallest absolute Gasteiger partial charge is 0.310 e. The monoisotopic (exact) mass is 1460 g/mol. The van der Waals surface area contributed by atoms with E-state index < -0.39 is 89.0 Å². The number of hydrogen-bond acceptors (Lipinski definition) is 15. The van der Waals surface area contributed by atoms with Gasteiger partial charge in [0, 0.05) is 5.41 Å². The Morgan fingerprint density at radius 1 is 0.308 bits per heavy atom. The molecular weight excluding hydrogens is 1330 g/mol. The summed E-state index contributed by atoms with van der Waals surface area (Å²) in [6.45, 7) is 19.2. The highest BCUT2D eigenvalue weighted by Gasteiger charge is 2.59. The molecule has 0 aromatic heterocycles. The summed E-state index contributed by atoms with van der Waals surface area (Å²) in [7, 11) is 0. The first-order valence-corrected chi connectivity index (χ1v) is 41.0. The van der Waals surface area contributed by atoms with E-state index in [4.69, 9.17) is 49.2 Å². The molecule has 0 heterocycles. The van der Waals surface area contributed by atoms with E-state index in [0.717, 1.165) is 103 Å². The van der Waals surface area contributed by atoms with Crippen molar-refractivity contribution in [3.05, 3.63) is 0 Å². The zero-order valence-electron chi connectivity index (χ0n) is 64.4. The van der Waals surface area contributed by atoms with Gasteiger partial charge in [0.25, 0.3) is 0 Å². The highest BCUT2D eigenvalue weighted by molar-refractivity contribution is 5.83. The Labute approximate surface area is 617 Å². The van der Waals surface area contributed by atoms with E-state index in [0.29, 0.717) is 42.3 Å². The van der Waals surface area contributed by atoms with Crippen LogP contribution < -0.4 is 0 Å². The van der Waals surface area contributed by atoms with E-state index in [2.05, 4.69) is 6.92 Å². The van der Waals surface area contributed by atoms with Crippen LogP contribution in [0.3, 0.4) is 0 Å². The minimum atomic E-state index is -0.939. The molecule has 0 saturated heterocycles. The minimum absolute atomic E-state index is 0.0544. The van der Waals surface area contributed by atoms with Crippen molar-refractivity contribution in [2.45, 2.75) is 280 Å². The standard InChI is InChI=1S/C18H28O4.2C17H26O4.2C16H24O4/c1-11(16(19)20)12(2)17(21)22-4-3-18-8-13-5-14(9-18)7-15(6-13)10-18;1-10(15(18)19)11(2)16(20)21-9-17-6-12-3-13(7-17)5-14(4-12)8-17;1-9(15(18)19)10(2)16(20)21-17(3)13-5-11-4-12(7-13)8-14(17)6-11;1-9(14(17)18)10(2)15(19)20-16-6-11-3-12(7-16)5-13(4-11)8-16;1-8(15(17)18)9(2)16(19)20-14-12-4-10-3-11(6-12)7-13(14)5-10/h11-15H,3-10H2,1-2H3,(H,19,20);10-14H,3-9H2,1-2H3,(H,18,19);9-14H,4-8H2,1-3H3,(H,18,19);9-13H,3-8H2,1-2H3,(H,17,18);8-14H,3-7H2,1-2H3,(H,17,18). The van der Waals surface area contributed by atoms with Gasteiger partial charge in [-0.3, -0.25) is 47.9 Å². The third-order valence-electron chi connectivity index (χ3n) is 31.1. The van der Waals surface area contributed by atoms with Crippen LogP contribution >= 0.6 is 0 Å². The maximum Gasteiger partial charge on any atom is 0.310 e. The Bertz CT molecular complexity index is 2980. The van der Waals surface area contributed by atoms with Crippen LogP contribution in [0.1, 0.15) is 262 Å². The fourth-order valence-corrected chi connectivity index (χ4v) is 25.4. The van der Waals surface area contributed by atoms with Crippen LogP contribution in [0.4, 0.5) is 0 Å². The largest absolute Gasteiger partial charge is 0.481 e. The normalized spacial score (nSPS) is 40.8. The average molecular weight is 1460 g/mol. The summed E-state index contributed by atoms with van der Waals surface area (Å²) < 4.78 is 28.6. The summed E-state index contributed by atoms with van der Waals surface area (Å²) in [5.74, 6) is 0.128. The van der Waals surface area contributed by atoms with Crippen LogP contribution in [0.15, 0.2) is 0 Å². The molecule has 104 heavy (non-hydrogen) atoms. The van der Waals surface area contributed by atoms with Crippen LogP contribution in [0, 0.1) is 171 Å². The second-order valence-electron chi connectivity index (χ2n) is 38.7. The summed E-state index contributed by atoms with van der Waals surface area (Å²) in [6.07, 6.45) is 36.2. The fraction of sp³-hybridized carbons (Fsp3) is 0.881. The third-order valence-corrected chi connectivity index (χ3v) is 31.1. The minimum Gasteiger partial charge on any atom is -0.481 e. The summed E-state index contributed by atoms with van der Waals surface area (Å²) in [6, 6.07) is 0. The number of esters is 5. The van der Waals surface area contributed by atoms with Gasteiger partial charge in [0.2, 0.25) is 0 Å². The summed E-state index contributed by atoms with van der Waals surface area (Å²) in [5, 5.41) is 45.1. The number of aliphatic carboxylic acids is 5. The van der Waals surface area contributed by atoms with Gasteiger partial charge in [0.05, 0.1) is 72.4 Å². The Kier molecular flexibility index (Phi) is 24.6. The van der Waals surface area contributed by atoms with Gasteiger partial charge in [-0.25, -0.2) is 0 Å². The van der Waals surface area contributed by atoms with Crippen molar-refractivity contribution in [1.29, 1.82) is 0 Å². The van der Waals surface area contributed by atoms with E-state index in [-0.39, 0.29) is 52.6 Å². The van der Waals surface area contributed by atoms with E-state index in [1.165, 1.54) is 161 Å². The van der Waals surface area contributed by atoms with Gasteiger partial charge in [-0.15, -0.1) is 0 Å². The van der Waals surface area contributed by atoms with Crippen molar-refractivity contribution in [2.75, 3.05) is 13.2 Å². The molecule has 0 aromatic carbocycles. The Morgan fingerprint density at radius 2 is 0.577 bits per heavy atom. The molecule has 0 aromatic rings. The third kappa shape index (κ3) is 17.9. The lowest BCUT2D eigenvalue weighted by molar-refractivity contribution is -0.208. The van der Waals surface area contributed by atoms with Crippen molar-refractivity contribution in [3.63, 3.8) is 0 Å². The van der Waals surface area contributed by atoms with Gasteiger partial charge >= 0.3 is 59.7 Å². The van der Waals surface area contributed by atoms with E-state index in [1.54, 1.807) is 69.2 Å². The lowest BCUT2D eigenvalue weighted by Crippen LogP contribution is -2.58. The van der Waals surface area contributed by atoms with Gasteiger partial charge in [0.1, 0.15) is 17.3 Å². The molecule has 0 aliphatic heterocycles. The molecule has 20 bridgehead atoms. The van der Waals surface area contributed by atoms with Crippen molar-refractivity contribution < 1.29 is 97.2 Å². The van der Waals surface area contributed by atoms with Crippen LogP contribution in [0.25, 0.3) is 0 Å². The predicted octanol–water partition coefficient (Wildman–Crippen LogP) is 15.3. The predicted molar refractivity (Wildman–Crippen MR) is 383 cm³/mol. The first-order chi connectivity index (χ1) is 48.9. The molecule has 20 fully saturated rings. The molecule has 20 heteroatoms. The first kappa shape index (κ1) is 79.7. The van der Waals surface area contributed by atoms with E-state index in [9.17, 15) is 47.9 Å². The molecule has 584 valence electrons. The Morgan fingerprint density at radius 3 is 0.913 bits per heavy atom. The maximum absolute atomic E-state index is 12.4. The van der Waals surface area contributed by atoms with Gasteiger partial charge in [-0.1, -0.05) is 69.2 Å². The van der Waals surface area contributed by atoms with Crippen molar-refractivity contribution in [1.82, 2.24) is 0 Å². The highest BCUT2D eigenvalue weighted by atomic mass is 16.6. The molecule has 20 aliphatic rings. The molecule has 20 aliphatic carbocycles. The number of carboxylic acid groups (broad SMARTS) is 5. The van der Waals surface area contributed by atoms with Crippen LogP contribution in [-0.4, -0.2) is 116 Å². The fourth-order valence-electron chi connectivity index (χ4n) is 25.4. The first-order valence-electron chi connectivity index (χ1n) is 41.0. The number of hydrogen-bond donors (Lipinski definition) is 5. The van der Waals surface area contributed by atoms with Crippen molar-refractivity contribution in [2.24, 2.45) is 171 Å². The molecule has 10 unspecified atom stereocenters. The quantitative estimate of drug-likeness (QED) is 0.0469. The molecule has 20 saturated carbocycles. The lowest BCUT2D eigenvalue weighted by Gasteiger charge is -2.59. The molecule has 10 atom stereocenters. The van der Waals surface area contributed by atoms with Gasteiger partial charge < -0.3 is 49.2 Å². The lowest BCUT2D eigenvalue weighted by atomic mass is 9.49. The van der Waals surface area contributed by atoms with Crippen molar-refractivity contribution >= 4 is 59.7 Å². The average Bonchev–Trinajstić information content (AvgIpc) is 0.700. The molecular formula is C84H128O20. The topological polar surface area (TPSA) is 318 Å². The molecule has 5 N–H and O–H groups in total. The number of carboxylic acids is 5. The summed E-state index contributed by atoms with van der Waals surface area (Å²) in [4.78, 5) is 116. The number of carbonyl (C=O) groups excluding carboxylic acids is 5. The van der Waals surface area contributed by atoms with E-state index >= 15 is 0 Å². The van der Waals surface area contributed by atoms with Crippen molar-refractivity contribution in [3.8, 4) is 0 Å². The maximum atomic E-state index is 12.4. The van der Waals surface area contributed by atoms with Gasteiger partial charge in [-0.05, 0) is 299 Å². The molecule has 0 amide bonds. The molecule has 0 radical (unpaired) electrons. The molecule has 20 rings (SSSR count). The molecule has 0 spiro atoms. The van der Waals surface area contributed by atoms with Gasteiger partial charge in [-0.2, -0.15) is 0 Å². The zero-order chi connectivity index (χ0) is 75.4. The Balaban J connectivity index is 0.000000130. The zero-order valence-corrected chi connectivity index (χ0v) is 64.4. The van der Waals surface area contributed by atoms with Crippen LogP contribution in [0.2, 0.25) is 0 Å². The molecule has 20 nitrogen and oxygen atoms in total. The summed E-state index contributed by atoms with van der Waals surface area (Å²) in [5.41, 5.74) is -0.0113. The van der Waals surface area contributed by atoms with Crippen LogP contribution in [-0.2, 0) is 71.6 Å². The summed E-state index contributed by atoms with van der Waals surface area (Å²) >= 11 is 0. The highest BCUT2D eigenvalue weighted by Crippen LogP contribution is 2.64. The Hall–Kier alpha value is -5.30. The second-order valence-corrected chi connectivity index (χ2v) is 38.7. The number of ether oxygens (including phenoxy) is 5. The van der Waals surface area contributed by atoms with Crippen LogP contribution in [0.5, 0.6) is 0 Å². The SMILES string of the molecule is CC(C(=O)O)C(C)C(=O)OC1(C)C2CC3CC(C2)CC1C3.CC(C(=O)O)C(C)C(=O)OC12CC3CC(CC(C3)C1)C2.CC(C(=O)O)C(C)C(=O)OC1C2CC3CC(C2)CC1C3.CC(C(=O)O)C(C)C(=O)OCC12CC3CC(CC(C3)C1)C2.CC(C(=O)O)C(C)C(=O)OCCC12CC3CC(CC(C3)C1)C2. The van der Waals surface area contributed by atoms with E-state index in [1.807, 2.05) is 0 Å². The number of carbonyl (C=O) groups is 10. The second kappa shape index (κ2) is 32.1.